The number of para-hydroxylation sites is 1. The number of hydrogen-bond donors (Lipinski definition) is 1. The van der Waals surface area contributed by atoms with Crippen LogP contribution in [-0.2, 0) is 6.18 Å². The number of nitriles is 2. The monoisotopic (exact) mass is 462 g/mol. The second-order valence-electron chi connectivity index (χ2n) is 7.36. The average molecular weight is 462 g/mol. The zero-order valence-electron chi connectivity index (χ0n) is 16.7. The molecule has 1 unspecified atom stereocenters. The molecule has 162 valence electrons. The number of nitrogens with two attached hydrogens (primary N) is 1. The number of alkyl halides is 3. The highest BCUT2D eigenvalue weighted by molar-refractivity contribution is 8.03. The van der Waals surface area contributed by atoms with Crippen LogP contribution in [0.2, 0.25) is 0 Å². The number of thioether (sulfide) groups is 1. The second kappa shape index (κ2) is 7.51. The molecule has 9 heteroatoms. The topological polar surface area (TPSA) is 90.0 Å². The normalized spacial score (nSPS) is 17.5. The van der Waals surface area contributed by atoms with Crippen LogP contribution in [0.5, 0.6) is 0 Å². The number of rotatable bonds is 2. The number of furan rings is 1. The molecule has 0 saturated heterocycles. The Labute approximate surface area is 190 Å². The highest BCUT2D eigenvalue weighted by Gasteiger charge is 2.42. The fraction of sp³-hybridized carbons (Fsp3) is 0.0833. The third-order valence-corrected chi connectivity index (χ3v) is 6.63. The summed E-state index contributed by atoms with van der Waals surface area (Å²) in [5.41, 5.74) is 7.01. The molecule has 33 heavy (non-hydrogen) atoms. The van der Waals surface area contributed by atoms with E-state index in [1.54, 1.807) is 11.0 Å². The molecule has 3 aromatic rings. The van der Waals surface area contributed by atoms with Crippen LogP contribution in [0.3, 0.4) is 0 Å². The average Bonchev–Trinajstić information content (AvgIpc) is 3.44. The van der Waals surface area contributed by atoms with Crippen LogP contribution in [0, 0.1) is 22.7 Å². The van der Waals surface area contributed by atoms with Crippen LogP contribution in [0.25, 0.3) is 11.3 Å². The highest BCUT2D eigenvalue weighted by Crippen LogP contribution is 2.54. The quantitative estimate of drug-likeness (QED) is 0.495. The van der Waals surface area contributed by atoms with Crippen LogP contribution in [0.1, 0.15) is 17.2 Å². The van der Waals surface area contributed by atoms with Crippen molar-refractivity contribution in [1.82, 2.24) is 0 Å². The third-order valence-electron chi connectivity index (χ3n) is 5.47. The first-order valence-electron chi connectivity index (χ1n) is 9.72. The van der Waals surface area contributed by atoms with Crippen molar-refractivity contribution >= 4 is 17.4 Å². The standard InChI is InChI=1S/C24H13F3N4OS/c25-24(26,27)14-5-3-4-13(10-14)18-8-9-19(32-18)21-15(11-28)22(30)31-17-6-1-2-7-20(17)33-23(31)16(21)12-29/h1-10,21H,30H2. The van der Waals surface area contributed by atoms with Crippen molar-refractivity contribution in [3.05, 3.63) is 94.0 Å². The van der Waals surface area contributed by atoms with Crippen LogP contribution in [-0.4, -0.2) is 0 Å². The summed E-state index contributed by atoms with van der Waals surface area (Å²) < 4.78 is 45.2. The van der Waals surface area contributed by atoms with E-state index in [1.165, 1.54) is 30.0 Å². The predicted molar refractivity (Wildman–Crippen MR) is 116 cm³/mol. The van der Waals surface area contributed by atoms with Gasteiger partial charge in [-0.15, -0.1) is 0 Å². The van der Waals surface area contributed by atoms with Gasteiger partial charge in [0.05, 0.1) is 40.5 Å². The molecule has 5 rings (SSSR count). The Morgan fingerprint density at radius 1 is 0.970 bits per heavy atom. The maximum Gasteiger partial charge on any atom is 0.416 e. The van der Waals surface area contributed by atoms with Gasteiger partial charge in [-0.05, 0) is 36.4 Å². The van der Waals surface area contributed by atoms with Gasteiger partial charge < -0.3 is 10.2 Å². The van der Waals surface area contributed by atoms with Crippen molar-refractivity contribution in [3.8, 4) is 23.5 Å². The van der Waals surface area contributed by atoms with Crippen molar-refractivity contribution in [2.75, 3.05) is 4.90 Å². The number of anilines is 1. The predicted octanol–water partition coefficient (Wildman–Crippen LogP) is 6.10. The molecule has 3 heterocycles. The Balaban J connectivity index is 1.61. The first kappa shape index (κ1) is 20.8. The van der Waals surface area contributed by atoms with E-state index >= 15 is 0 Å². The van der Waals surface area contributed by atoms with Crippen molar-refractivity contribution in [2.45, 2.75) is 17.0 Å². The summed E-state index contributed by atoms with van der Waals surface area (Å²) >= 11 is 1.37. The lowest BCUT2D eigenvalue weighted by atomic mass is 9.87. The molecule has 0 radical (unpaired) electrons. The lowest BCUT2D eigenvalue weighted by molar-refractivity contribution is -0.137. The fourth-order valence-electron chi connectivity index (χ4n) is 3.97. The van der Waals surface area contributed by atoms with Crippen LogP contribution in [0.4, 0.5) is 18.9 Å². The Morgan fingerprint density at radius 2 is 1.73 bits per heavy atom. The molecule has 0 bridgehead atoms. The van der Waals surface area contributed by atoms with Gasteiger partial charge in [-0.3, -0.25) is 4.90 Å². The van der Waals surface area contributed by atoms with Crippen molar-refractivity contribution in [3.63, 3.8) is 0 Å². The molecule has 1 aromatic heterocycles. The summed E-state index contributed by atoms with van der Waals surface area (Å²) in [4.78, 5) is 2.58. The lowest BCUT2D eigenvalue weighted by Crippen LogP contribution is -2.32. The number of nitrogens with zero attached hydrogens (tertiary/aromatic N) is 3. The van der Waals surface area contributed by atoms with Gasteiger partial charge in [-0.1, -0.05) is 36.0 Å². The fourth-order valence-corrected chi connectivity index (χ4v) is 5.15. The lowest BCUT2D eigenvalue weighted by Gasteiger charge is -2.30. The van der Waals surface area contributed by atoms with E-state index in [2.05, 4.69) is 12.1 Å². The number of allylic oxidation sites excluding steroid dienone is 2. The molecule has 0 spiro atoms. The Morgan fingerprint density at radius 3 is 2.45 bits per heavy atom. The first-order valence-corrected chi connectivity index (χ1v) is 10.5. The summed E-state index contributed by atoms with van der Waals surface area (Å²) in [6, 6.07) is 19.6. The zero-order chi connectivity index (χ0) is 23.3. The van der Waals surface area contributed by atoms with Gasteiger partial charge in [0.15, 0.2) is 0 Å². The minimum atomic E-state index is -4.49. The molecule has 0 fully saturated rings. The van der Waals surface area contributed by atoms with E-state index in [-0.39, 0.29) is 34.1 Å². The van der Waals surface area contributed by atoms with E-state index in [4.69, 9.17) is 10.2 Å². The van der Waals surface area contributed by atoms with Gasteiger partial charge in [-0.25, -0.2) is 0 Å². The molecule has 0 aliphatic carbocycles. The zero-order valence-corrected chi connectivity index (χ0v) is 17.5. The van der Waals surface area contributed by atoms with Gasteiger partial charge >= 0.3 is 6.18 Å². The maximum atomic E-state index is 13.1. The summed E-state index contributed by atoms with van der Waals surface area (Å²) in [5.74, 6) is -0.236. The van der Waals surface area contributed by atoms with E-state index in [0.717, 1.165) is 22.7 Å². The number of fused-ring (bicyclic) bond motifs is 3. The minimum absolute atomic E-state index is 0.137. The summed E-state index contributed by atoms with van der Waals surface area (Å²) in [5, 5.41) is 20.5. The molecule has 2 aliphatic rings. The molecule has 0 amide bonds. The Bertz CT molecular complexity index is 1440. The van der Waals surface area contributed by atoms with E-state index in [1.807, 2.05) is 24.3 Å². The van der Waals surface area contributed by atoms with Gasteiger partial charge in [0, 0.05) is 10.5 Å². The van der Waals surface area contributed by atoms with Crippen LogP contribution < -0.4 is 10.6 Å². The Hall–Kier alpha value is -4.08. The SMILES string of the molecule is N#CC1=C(N)N2C(=C(C#N)C1c1ccc(-c3cccc(C(F)(F)F)c3)o1)Sc1ccccc12. The molecule has 5 nitrogen and oxygen atoms in total. The molecule has 2 N–H and O–H groups in total. The Kier molecular flexibility index (Phi) is 4.73. The molecule has 1 atom stereocenters. The maximum absolute atomic E-state index is 13.1. The molecule has 2 aromatic carbocycles. The highest BCUT2D eigenvalue weighted by atomic mass is 32.2. The second-order valence-corrected chi connectivity index (χ2v) is 8.39. The number of benzene rings is 2. The van der Waals surface area contributed by atoms with E-state index in [0.29, 0.717) is 5.03 Å². The van der Waals surface area contributed by atoms with Gasteiger partial charge in [0.25, 0.3) is 0 Å². The van der Waals surface area contributed by atoms with E-state index in [9.17, 15) is 23.7 Å². The van der Waals surface area contributed by atoms with Gasteiger partial charge in [-0.2, -0.15) is 23.7 Å². The molecular formula is C24H13F3N4OS. The smallest absolute Gasteiger partial charge is 0.416 e. The van der Waals surface area contributed by atoms with Crippen molar-refractivity contribution in [2.24, 2.45) is 5.73 Å². The first-order chi connectivity index (χ1) is 15.8. The van der Waals surface area contributed by atoms with Gasteiger partial charge in [0.2, 0.25) is 0 Å². The molecular weight excluding hydrogens is 449 g/mol. The molecule has 0 saturated carbocycles. The van der Waals surface area contributed by atoms with Crippen molar-refractivity contribution < 1.29 is 17.6 Å². The summed E-state index contributed by atoms with van der Waals surface area (Å²) in [6.07, 6.45) is -4.49. The van der Waals surface area contributed by atoms with Crippen LogP contribution in [0.15, 0.2) is 92.0 Å². The van der Waals surface area contributed by atoms with Crippen molar-refractivity contribution in [1.29, 1.82) is 10.5 Å². The largest absolute Gasteiger partial charge is 0.460 e. The van der Waals surface area contributed by atoms with Gasteiger partial charge in [0.1, 0.15) is 22.4 Å². The summed E-state index contributed by atoms with van der Waals surface area (Å²) in [7, 11) is 0. The number of hydrogen-bond acceptors (Lipinski definition) is 6. The van der Waals surface area contributed by atoms with E-state index < -0.39 is 17.7 Å². The molecule has 2 aliphatic heterocycles. The summed E-state index contributed by atoms with van der Waals surface area (Å²) in [6.45, 7) is 0. The minimum Gasteiger partial charge on any atom is -0.460 e. The van der Waals surface area contributed by atoms with Crippen LogP contribution >= 0.6 is 11.8 Å². The number of halogens is 3. The third kappa shape index (κ3) is 3.25.